The largest absolute Gasteiger partial charge is 0.497 e. The zero-order valence-electron chi connectivity index (χ0n) is 16.5. The monoisotopic (exact) mass is 435 g/mol. The van der Waals surface area contributed by atoms with Crippen LogP contribution >= 0.6 is 12.2 Å². The van der Waals surface area contributed by atoms with Gasteiger partial charge in [-0.2, -0.15) is 4.31 Å². The van der Waals surface area contributed by atoms with Crippen LogP contribution in [0.2, 0.25) is 0 Å². The Balaban J connectivity index is 1.61. The van der Waals surface area contributed by atoms with E-state index in [0.29, 0.717) is 38.0 Å². The third kappa shape index (κ3) is 5.45. The Morgan fingerprint density at radius 2 is 1.90 bits per heavy atom. The number of methoxy groups -OCH3 is 1. The van der Waals surface area contributed by atoms with Crippen LogP contribution in [0.3, 0.4) is 0 Å². The van der Waals surface area contributed by atoms with Crippen molar-refractivity contribution in [3.63, 3.8) is 0 Å². The van der Waals surface area contributed by atoms with E-state index in [-0.39, 0.29) is 4.90 Å². The topological polar surface area (TPSA) is 71.1 Å². The van der Waals surface area contributed by atoms with Gasteiger partial charge in [0.15, 0.2) is 5.11 Å². The highest BCUT2D eigenvalue weighted by atomic mass is 32.2. The van der Waals surface area contributed by atoms with Crippen molar-refractivity contribution in [1.29, 1.82) is 0 Å². The molecule has 156 valence electrons. The molecule has 0 aromatic heterocycles. The fraction of sp³-hybridized carbons (Fsp3) is 0.350. The van der Waals surface area contributed by atoms with E-state index in [4.69, 9.17) is 21.7 Å². The summed E-state index contributed by atoms with van der Waals surface area (Å²) in [6.07, 6.45) is 0. The molecular weight excluding hydrogens is 410 g/mol. The summed E-state index contributed by atoms with van der Waals surface area (Å²) in [6, 6.07) is 14.4. The molecule has 1 N–H and O–H groups in total. The number of hydrogen-bond acceptors (Lipinski definition) is 5. The van der Waals surface area contributed by atoms with Gasteiger partial charge in [0, 0.05) is 32.4 Å². The number of morpholine rings is 1. The van der Waals surface area contributed by atoms with Gasteiger partial charge in [-0.1, -0.05) is 12.1 Å². The van der Waals surface area contributed by atoms with Gasteiger partial charge in [0.1, 0.15) is 5.75 Å². The highest BCUT2D eigenvalue weighted by Crippen LogP contribution is 2.20. The second-order valence-electron chi connectivity index (χ2n) is 6.68. The van der Waals surface area contributed by atoms with Crippen LogP contribution in [-0.4, -0.2) is 63.2 Å². The Morgan fingerprint density at radius 1 is 1.21 bits per heavy atom. The molecule has 1 fully saturated rings. The van der Waals surface area contributed by atoms with Crippen molar-refractivity contribution in [2.75, 3.05) is 45.8 Å². The Kier molecular flexibility index (Phi) is 7.07. The first-order valence-corrected chi connectivity index (χ1v) is 11.1. The van der Waals surface area contributed by atoms with Gasteiger partial charge >= 0.3 is 0 Å². The molecule has 7 nitrogen and oxygen atoms in total. The molecule has 1 saturated heterocycles. The molecule has 1 heterocycles. The van der Waals surface area contributed by atoms with Crippen LogP contribution in [0.25, 0.3) is 0 Å². The standard InChI is InChI=1S/C20H25N3O4S2/c1-22(15-16-4-3-5-18(14-16)26-2)20(28)21-17-6-8-19(9-7-17)29(24,25)23-10-12-27-13-11-23/h3-9,14H,10-13,15H2,1-2H3,(H,21,28). The maximum Gasteiger partial charge on any atom is 0.243 e. The van der Waals surface area contributed by atoms with Crippen LogP contribution in [0.1, 0.15) is 5.56 Å². The molecule has 2 aromatic rings. The minimum absolute atomic E-state index is 0.264. The highest BCUT2D eigenvalue weighted by Gasteiger charge is 2.26. The number of benzene rings is 2. The molecule has 3 rings (SSSR count). The summed E-state index contributed by atoms with van der Waals surface area (Å²) in [7, 11) is 0.0313. The Bertz CT molecular complexity index is 942. The van der Waals surface area contributed by atoms with Gasteiger partial charge in [-0.05, 0) is 54.2 Å². The molecule has 0 amide bonds. The molecule has 29 heavy (non-hydrogen) atoms. The van der Waals surface area contributed by atoms with Crippen LogP contribution in [0, 0.1) is 0 Å². The average Bonchev–Trinajstić information content (AvgIpc) is 2.75. The molecule has 0 radical (unpaired) electrons. The van der Waals surface area contributed by atoms with Gasteiger partial charge < -0.3 is 19.7 Å². The zero-order chi connectivity index (χ0) is 20.9. The highest BCUT2D eigenvalue weighted by molar-refractivity contribution is 7.89. The summed E-state index contributed by atoms with van der Waals surface area (Å²) in [4.78, 5) is 2.17. The normalized spacial score (nSPS) is 15.0. The zero-order valence-corrected chi connectivity index (χ0v) is 18.1. The summed E-state index contributed by atoms with van der Waals surface area (Å²) in [5, 5.41) is 3.68. The maximum atomic E-state index is 12.7. The smallest absolute Gasteiger partial charge is 0.243 e. The van der Waals surface area contributed by atoms with Gasteiger partial charge in [0.25, 0.3) is 0 Å². The fourth-order valence-electron chi connectivity index (χ4n) is 2.98. The van der Waals surface area contributed by atoms with Crippen molar-refractivity contribution in [2.45, 2.75) is 11.4 Å². The molecule has 0 bridgehead atoms. The summed E-state index contributed by atoms with van der Waals surface area (Å²) >= 11 is 5.47. The lowest BCUT2D eigenvalue weighted by Gasteiger charge is -2.26. The number of anilines is 1. The van der Waals surface area contributed by atoms with Crippen molar-refractivity contribution >= 4 is 33.0 Å². The van der Waals surface area contributed by atoms with Gasteiger partial charge in [-0.15, -0.1) is 0 Å². The predicted octanol–water partition coefficient (Wildman–Crippen LogP) is 2.54. The van der Waals surface area contributed by atoms with E-state index in [0.717, 1.165) is 17.0 Å². The first-order chi connectivity index (χ1) is 13.9. The lowest BCUT2D eigenvalue weighted by Crippen LogP contribution is -2.40. The van der Waals surface area contributed by atoms with E-state index in [2.05, 4.69) is 5.32 Å². The number of ether oxygens (including phenoxy) is 2. The second kappa shape index (κ2) is 9.53. The maximum absolute atomic E-state index is 12.7. The Labute approximate surface area is 177 Å². The van der Waals surface area contributed by atoms with Gasteiger partial charge in [-0.25, -0.2) is 8.42 Å². The molecular formula is C20H25N3O4S2. The molecule has 2 aromatic carbocycles. The lowest BCUT2D eigenvalue weighted by atomic mass is 10.2. The minimum atomic E-state index is -3.50. The molecule has 9 heteroatoms. The molecule has 0 unspecified atom stereocenters. The van der Waals surface area contributed by atoms with Crippen LogP contribution < -0.4 is 10.1 Å². The molecule has 1 aliphatic heterocycles. The van der Waals surface area contributed by atoms with Gasteiger partial charge in [-0.3, -0.25) is 0 Å². The lowest BCUT2D eigenvalue weighted by molar-refractivity contribution is 0.0730. The summed E-state index contributed by atoms with van der Waals surface area (Å²) in [5.41, 5.74) is 1.80. The third-order valence-corrected chi connectivity index (χ3v) is 6.94. The number of hydrogen-bond donors (Lipinski definition) is 1. The van der Waals surface area contributed by atoms with Gasteiger partial charge in [0.2, 0.25) is 10.0 Å². The SMILES string of the molecule is COc1cccc(CN(C)C(=S)Nc2ccc(S(=O)(=O)N3CCOCC3)cc2)c1. The van der Waals surface area contributed by atoms with E-state index in [9.17, 15) is 8.42 Å². The second-order valence-corrected chi connectivity index (χ2v) is 9.00. The molecule has 0 atom stereocenters. The number of sulfonamides is 1. The van der Waals surface area contributed by atoms with Crippen LogP contribution in [-0.2, 0) is 21.3 Å². The number of thiocarbonyl (C=S) groups is 1. The minimum Gasteiger partial charge on any atom is -0.497 e. The summed E-state index contributed by atoms with van der Waals surface area (Å²) in [6.45, 7) is 2.22. The van der Waals surface area contributed by atoms with Crippen molar-refractivity contribution in [1.82, 2.24) is 9.21 Å². The Hall–Kier alpha value is -2.20. The van der Waals surface area contributed by atoms with Crippen molar-refractivity contribution in [3.05, 3.63) is 54.1 Å². The van der Waals surface area contributed by atoms with Crippen molar-refractivity contribution in [2.24, 2.45) is 0 Å². The summed E-state index contributed by atoms with van der Waals surface area (Å²) < 4.78 is 37.3. The van der Waals surface area contributed by atoms with Crippen molar-refractivity contribution in [3.8, 4) is 5.75 Å². The van der Waals surface area contributed by atoms with E-state index >= 15 is 0 Å². The first-order valence-electron chi connectivity index (χ1n) is 9.23. The quantitative estimate of drug-likeness (QED) is 0.699. The molecule has 0 aliphatic carbocycles. The van der Waals surface area contributed by atoms with E-state index < -0.39 is 10.0 Å². The number of rotatable bonds is 6. The average molecular weight is 436 g/mol. The van der Waals surface area contributed by atoms with Gasteiger partial charge in [0.05, 0.1) is 25.2 Å². The summed E-state index contributed by atoms with van der Waals surface area (Å²) in [5.74, 6) is 0.798. The number of nitrogens with zero attached hydrogens (tertiary/aromatic N) is 2. The first kappa shape index (κ1) is 21.5. The molecule has 0 saturated carbocycles. The molecule has 1 aliphatic rings. The fourth-order valence-corrected chi connectivity index (χ4v) is 4.57. The predicted molar refractivity (Wildman–Crippen MR) is 117 cm³/mol. The van der Waals surface area contributed by atoms with Crippen molar-refractivity contribution < 1.29 is 17.9 Å². The van der Waals surface area contributed by atoms with E-state index in [1.165, 1.54) is 4.31 Å². The van der Waals surface area contributed by atoms with Crippen LogP contribution in [0.5, 0.6) is 5.75 Å². The Morgan fingerprint density at radius 3 is 2.55 bits per heavy atom. The van der Waals surface area contributed by atoms with E-state index in [1.807, 2.05) is 36.2 Å². The van der Waals surface area contributed by atoms with Crippen LogP contribution in [0.4, 0.5) is 5.69 Å². The third-order valence-electron chi connectivity index (χ3n) is 4.61. The molecule has 0 spiro atoms. The number of nitrogens with one attached hydrogen (secondary N) is 1. The van der Waals surface area contributed by atoms with E-state index in [1.54, 1.807) is 31.4 Å². The van der Waals surface area contributed by atoms with Crippen LogP contribution in [0.15, 0.2) is 53.4 Å².